The van der Waals surface area contributed by atoms with Gasteiger partial charge in [0.25, 0.3) is 0 Å². The van der Waals surface area contributed by atoms with Crippen LogP contribution in [0.4, 0.5) is 0 Å². The van der Waals surface area contributed by atoms with Gasteiger partial charge in [-0.05, 0) is 80.0 Å². The van der Waals surface area contributed by atoms with Crippen LogP contribution < -0.4 is 0 Å². The molecular formula is C18H28O2. The van der Waals surface area contributed by atoms with Crippen LogP contribution in [0.5, 0.6) is 0 Å². The van der Waals surface area contributed by atoms with E-state index in [4.69, 9.17) is 0 Å². The zero-order valence-corrected chi connectivity index (χ0v) is 12.7. The molecule has 4 aliphatic rings. The molecule has 0 unspecified atom stereocenters. The topological polar surface area (TPSA) is 37.3 Å². The maximum atomic E-state index is 11.7. The number of aliphatic hydroxyl groups excluding tert-OH is 1. The second-order valence-electron chi connectivity index (χ2n) is 8.35. The summed E-state index contributed by atoms with van der Waals surface area (Å²) in [7, 11) is 0. The Morgan fingerprint density at radius 1 is 1.00 bits per heavy atom. The normalized spacial score (nSPS) is 55.0. The highest BCUT2D eigenvalue weighted by Crippen LogP contribution is 2.62. The summed E-state index contributed by atoms with van der Waals surface area (Å²) in [5.74, 6) is 4.52. The molecule has 0 heterocycles. The Kier molecular flexibility index (Phi) is 3.03. The van der Waals surface area contributed by atoms with Crippen molar-refractivity contribution < 1.29 is 9.90 Å². The van der Waals surface area contributed by atoms with Crippen LogP contribution in [0.1, 0.15) is 64.7 Å². The molecule has 7 atom stereocenters. The average molecular weight is 276 g/mol. The summed E-state index contributed by atoms with van der Waals surface area (Å²) in [6.45, 7) is 2.35. The van der Waals surface area contributed by atoms with E-state index in [9.17, 15) is 9.90 Å². The number of hydrogen-bond acceptors (Lipinski definition) is 2. The lowest BCUT2D eigenvalue weighted by molar-refractivity contribution is -0.128. The molecule has 20 heavy (non-hydrogen) atoms. The van der Waals surface area contributed by atoms with Crippen LogP contribution >= 0.6 is 0 Å². The zero-order valence-electron chi connectivity index (χ0n) is 12.7. The molecule has 4 rings (SSSR count). The van der Waals surface area contributed by atoms with Crippen molar-refractivity contribution in [2.75, 3.05) is 0 Å². The molecule has 0 aliphatic heterocycles. The van der Waals surface area contributed by atoms with Gasteiger partial charge in [-0.15, -0.1) is 0 Å². The number of hydrogen-bond donors (Lipinski definition) is 1. The number of carbonyl (C=O) groups excluding carboxylic acids is 1. The Bertz CT molecular complexity index is 418. The molecular weight excluding hydrogens is 248 g/mol. The third-order valence-corrected chi connectivity index (χ3v) is 7.72. The fourth-order valence-electron chi connectivity index (χ4n) is 6.63. The molecule has 0 aromatic carbocycles. The molecule has 0 saturated heterocycles. The highest BCUT2D eigenvalue weighted by Gasteiger charge is 2.56. The van der Waals surface area contributed by atoms with Crippen LogP contribution in [0.15, 0.2) is 0 Å². The van der Waals surface area contributed by atoms with E-state index < -0.39 is 0 Å². The van der Waals surface area contributed by atoms with Crippen LogP contribution in [0.25, 0.3) is 0 Å². The van der Waals surface area contributed by atoms with E-state index in [0.717, 1.165) is 49.4 Å². The highest BCUT2D eigenvalue weighted by atomic mass is 16.3. The van der Waals surface area contributed by atoms with Crippen molar-refractivity contribution in [3.63, 3.8) is 0 Å². The van der Waals surface area contributed by atoms with Gasteiger partial charge in [0.05, 0.1) is 6.10 Å². The Morgan fingerprint density at radius 3 is 2.70 bits per heavy atom. The summed E-state index contributed by atoms with van der Waals surface area (Å²) in [5.41, 5.74) is 0.207. The van der Waals surface area contributed by atoms with E-state index in [-0.39, 0.29) is 11.5 Å². The fourth-order valence-corrected chi connectivity index (χ4v) is 6.63. The SMILES string of the molecule is C[C@]12CC[C@@H]3[C@@H]4CCC(=O)C[C@@H]4CC[C@@H]3[C@H]1CC[C@H]2O. The van der Waals surface area contributed by atoms with Gasteiger partial charge in [0.15, 0.2) is 0 Å². The Labute approximate surface area is 122 Å². The third kappa shape index (κ3) is 1.76. The summed E-state index contributed by atoms with van der Waals surface area (Å²) in [5, 5.41) is 10.4. The van der Waals surface area contributed by atoms with E-state index in [1.807, 2.05) is 0 Å². The zero-order chi connectivity index (χ0) is 13.9. The molecule has 2 nitrogen and oxygen atoms in total. The molecule has 4 fully saturated rings. The monoisotopic (exact) mass is 276 g/mol. The first-order chi connectivity index (χ1) is 9.59. The molecule has 0 amide bonds. The average Bonchev–Trinajstić information content (AvgIpc) is 2.74. The van der Waals surface area contributed by atoms with E-state index in [1.165, 1.54) is 32.1 Å². The largest absolute Gasteiger partial charge is 0.393 e. The number of carbonyl (C=O) groups is 1. The van der Waals surface area contributed by atoms with Crippen molar-refractivity contribution in [1.82, 2.24) is 0 Å². The van der Waals surface area contributed by atoms with Crippen LogP contribution in [-0.4, -0.2) is 17.0 Å². The number of aliphatic hydroxyl groups is 1. The minimum atomic E-state index is -0.0564. The van der Waals surface area contributed by atoms with Crippen LogP contribution in [0.3, 0.4) is 0 Å². The minimum absolute atomic E-state index is 0.0564. The maximum Gasteiger partial charge on any atom is 0.133 e. The summed E-state index contributed by atoms with van der Waals surface area (Å²) in [6, 6.07) is 0. The van der Waals surface area contributed by atoms with Crippen molar-refractivity contribution >= 4 is 5.78 Å². The van der Waals surface area contributed by atoms with Gasteiger partial charge in [-0.3, -0.25) is 4.79 Å². The smallest absolute Gasteiger partial charge is 0.133 e. The lowest BCUT2D eigenvalue weighted by atomic mass is 9.50. The second kappa shape index (κ2) is 4.56. The first-order valence-electron chi connectivity index (χ1n) is 8.79. The van der Waals surface area contributed by atoms with Gasteiger partial charge in [0.2, 0.25) is 0 Å². The van der Waals surface area contributed by atoms with Gasteiger partial charge in [0, 0.05) is 12.8 Å². The quantitative estimate of drug-likeness (QED) is 0.734. The number of rotatable bonds is 0. The molecule has 4 aliphatic carbocycles. The van der Waals surface area contributed by atoms with Crippen LogP contribution in [-0.2, 0) is 4.79 Å². The van der Waals surface area contributed by atoms with Gasteiger partial charge in [-0.2, -0.15) is 0 Å². The number of Topliss-reactive ketones (excluding diaryl/α,β-unsaturated/α-hetero) is 1. The molecule has 0 aromatic heterocycles. The number of fused-ring (bicyclic) bond motifs is 5. The van der Waals surface area contributed by atoms with Crippen LogP contribution in [0.2, 0.25) is 0 Å². The fraction of sp³-hybridized carbons (Fsp3) is 0.944. The first kappa shape index (κ1) is 13.3. The Morgan fingerprint density at radius 2 is 1.85 bits per heavy atom. The van der Waals surface area contributed by atoms with Gasteiger partial charge < -0.3 is 5.11 Å². The predicted molar refractivity (Wildman–Crippen MR) is 78.1 cm³/mol. The molecule has 0 spiro atoms. The predicted octanol–water partition coefficient (Wildman–Crippen LogP) is 3.57. The lowest BCUT2D eigenvalue weighted by Crippen LogP contribution is -2.49. The van der Waals surface area contributed by atoms with Gasteiger partial charge in [-0.1, -0.05) is 6.92 Å². The van der Waals surface area contributed by atoms with Gasteiger partial charge in [0.1, 0.15) is 5.78 Å². The van der Waals surface area contributed by atoms with E-state index in [1.54, 1.807) is 0 Å². The van der Waals surface area contributed by atoms with E-state index >= 15 is 0 Å². The van der Waals surface area contributed by atoms with Crippen molar-refractivity contribution in [2.24, 2.45) is 35.0 Å². The van der Waals surface area contributed by atoms with Gasteiger partial charge in [-0.25, -0.2) is 0 Å². The highest BCUT2D eigenvalue weighted by molar-refractivity contribution is 5.79. The molecule has 0 radical (unpaired) electrons. The van der Waals surface area contributed by atoms with Crippen molar-refractivity contribution in [1.29, 1.82) is 0 Å². The Balaban J connectivity index is 1.58. The summed E-state index contributed by atoms with van der Waals surface area (Å²) in [4.78, 5) is 11.7. The standard InChI is InChI=1S/C18H28O2/c1-18-9-8-14-13-5-3-12(19)10-11(13)2-4-15(14)16(18)6-7-17(18)20/h11,13-17,20H,2-10H2,1H3/t11-,13+,14+,15-,16+,17+,18-/m0/s1. The molecule has 0 bridgehead atoms. The maximum absolute atomic E-state index is 11.7. The van der Waals surface area contributed by atoms with Crippen molar-refractivity contribution in [3.05, 3.63) is 0 Å². The molecule has 112 valence electrons. The van der Waals surface area contributed by atoms with Crippen molar-refractivity contribution in [3.8, 4) is 0 Å². The lowest BCUT2D eigenvalue weighted by Gasteiger charge is -2.55. The molecule has 0 aromatic rings. The first-order valence-corrected chi connectivity index (χ1v) is 8.79. The molecule has 1 N–H and O–H groups in total. The number of ketones is 1. The summed E-state index contributed by atoms with van der Waals surface area (Å²) in [6.07, 6.45) is 10.2. The molecule has 2 heteroatoms. The molecule has 4 saturated carbocycles. The second-order valence-corrected chi connectivity index (χ2v) is 8.35. The van der Waals surface area contributed by atoms with E-state index in [0.29, 0.717) is 11.7 Å². The third-order valence-electron chi connectivity index (χ3n) is 7.72. The van der Waals surface area contributed by atoms with Gasteiger partial charge >= 0.3 is 0 Å². The minimum Gasteiger partial charge on any atom is -0.393 e. The Hall–Kier alpha value is -0.370. The van der Waals surface area contributed by atoms with Crippen molar-refractivity contribution in [2.45, 2.75) is 70.8 Å². The van der Waals surface area contributed by atoms with E-state index in [2.05, 4.69) is 6.92 Å². The summed E-state index contributed by atoms with van der Waals surface area (Å²) < 4.78 is 0. The van der Waals surface area contributed by atoms with Crippen LogP contribution in [0, 0.1) is 35.0 Å². The summed E-state index contributed by atoms with van der Waals surface area (Å²) >= 11 is 0.